The minimum Gasteiger partial charge on any atom is -0.496 e. The molecule has 1 unspecified atom stereocenters. The van der Waals surface area contributed by atoms with E-state index in [4.69, 9.17) is 21.1 Å². The third-order valence-electron chi connectivity index (χ3n) is 3.28. The van der Waals surface area contributed by atoms with Gasteiger partial charge in [-0.2, -0.15) is 0 Å². The standard InChI is InChI=1S/C16H15Br2ClO2/c1-9-6-10(17)4-5-11(9)16(19)12-7-15(21-3)13(18)8-14(12)20-2/h4-8,16H,1-3H3. The Balaban J connectivity index is 2.53. The number of alkyl halides is 1. The van der Waals surface area contributed by atoms with Gasteiger partial charge >= 0.3 is 0 Å². The molecule has 0 saturated heterocycles. The van der Waals surface area contributed by atoms with Crippen LogP contribution in [0.25, 0.3) is 0 Å². The lowest BCUT2D eigenvalue weighted by Crippen LogP contribution is -2.01. The monoisotopic (exact) mass is 432 g/mol. The van der Waals surface area contributed by atoms with Crippen LogP contribution in [0, 0.1) is 6.92 Å². The topological polar surface area (TPSA) is 18.5 Å². The Labute approximate surface area is 146 Å². The molecule has 5 heteroatoms. The van der Waals surface area contributed by atoms with Crippen LogP contribution in [-0.4, -0.2) is 14.2 Å². The van der Waals surface area contributed by atoms with E-state index in [1.807, 2.05) is 37.3 Å². The fourth-order valence-electron chi connectivity index (χ4n) is 2.17. The number of hydrogen-bond acceptors (Lipinski definition) is 2. The third kappa shape index (κ3) is 3.55. The summed E-state index contributed by atoms with van der Waals surface area (Å²) in [4.78, 5) is 0. The van der Waals surface area contributed by atoms with E-state index in [2.05, 4.69) is 31.9 Å². The molecular formula is C16H15Br2ClO2. The van der Waals surface area contributed by atoms with Gasteiger partial charge in [0.2, 0.25) is 0 Å². The maximum atomic E-state index is 6.69. The SMILES string of the molecule is COc1cc(C(Cl)c2ccc(Br)cc2C)c(OC)cc1Br. The van der Waals surface area contributed by atoms with Crippen molar-refractivity contribution in [2.24, 2.45) is 0 Å². The summed E-state index contributed by atoms with van der Waals surface area (Å²) in [6.07, 6.45) is 0. The number of methoxy groups -OCH3 is 2. The third-order valence-corrected chi connectivity index (χ3v) is 4.87. The molecule has 0 aliphatic rings. The van der Waals surface area contributed by atoms with Crippen LogP contribution in [0.4, 0.5) is 0 Å². The average molecular weight is 435 g/mol. The zero-order valence-corrected chi connectivity index (χ0v) is 15.8. The molecule has 0 aliphatic carbocycles. The van der Waals surface area contributed by atoms with Crippen molar-refractivity contribution in [3.63, 3.8) is 0 Å². The van der Waals surface area contributed by atoms with Crippen LogP contribution in [0.5, 0.6) is 11.5 Å². The summed E-state index contributed by atoms with van der Waals surface area (Å²) < 4.78 is 12.7. The van der Waals surface area contributed by atoms with E-state index < -0.39 is 0 Å². The number of ether oxygens (including phenoxy) is 2. The molecule has 2 nitrogen and oxygen atoms in total. The molecule has 0 saturated carbocycles. The molecule has 2 rings (SSSR count). The van der Waals surface area contributed by atoms with Gasteiger partial charge in [-0.1, -0.05) is 22.0 Å². The number of rotatable bonds is 4. The molecule has 0 fully saturated rings. The Morgan fingerprint density at radius 2 is 1.62 bits per heavy atom. The molecule has 0 bridgehead atoms. The van der Waals surface area contributed by atoms with Crippen LogP contribution in [0.15, 0.2) is 39.3 Å². The molecule has 0 aliphatic heterocycles. The van der Waals surface area contributed by atoms with Gasteiger partial charge in [-0.25, -0.2) is 0 Å². The van der Waals surface area contributed by atoms with Crippen molar-refractivity contribution < 1.29 is 9.47 Å². The largest absolute Gasteiger partial charge is 0.496 e. The normalized spacial score (nSPS) is 12.1. The van der Waals surface area contributed by atoms with E-state index in [0.29, 0.717) is 0 Å². The Morgan fingerprint density at radius 1 is 0.952 bits per heavy atom. The zero-order valence-electron chi connectivity index (χ0n) is 11.9. The van der Waals surface area contributed by atoms with Crippen LogP contribution in [0.2, 0.25) is 0 Å². The molecule has 1 atom stereocenters. The van der Waals surface area contributed by atoms with Gasteiger partial charge in [-0.05, 0) is 58.2 Å². The quantitative estimate of drug-likeness (QED) is 0.561. The Kier molecular flexibility index (Phi) is 5.58. The second-order valence-corrected chi connectivity index (χ2v) is 6.80. The minimum atomic E-state index is -0.310. The van der Waals surface area contributed by atoms with Crippen molar-refractivity contribution in [3.8, 4) is 11.5 Å². The fraction of sp³-hybridized carbons (Fsp3) is 0.250. The highest BCUT2D eigenvalue weighted by molar-refractivity contribution is 9.10. The first-order chi connectivity index (χ1) is 9.97. The van der Waals surface area contributed by atoms with Gasteiger partial charge in [-0.3, -0.25) is 0 Å². The summed E-state index contributed by atoms with van der Waals surface area (Å²) in [5.41, 5.74) is 3.04. The first-order valence-corrected chi connectivity index (χ1v) is 8.31. The molecule has 0 heterocycles. The van der Waals surface area contributed by atoms with Gasteiger partial charge < -0.3 is 9.47 Å². The molecule has 21 heavy (non-hydrogen) atoms. The van der Waals surface area contributed by atoms with Crippen molar-refractivity contribution in [2.45, 2.75) is 12.3 Å². The molecule has 0 amide bonds. The second-order valence-electron chi connectivity index (χ2n) is 4.59. The summed E-state index contributed by atoms with van der Waals surface area (Å²) in [6, 6.07) is 9.83. The molecular weight excluding hydrogens is 419 g/mol. The lowest BCUT2D eigenvalue weighted by Gasteiger charge is -2.18. The van der Waals surface area contributed by atoms with Crippen molar-refractivity contribution in [3.05, 3.63) is 56.0 Å². The highest BCUT2D eigenvalue weighted by Crippen LogP contribution is 2.41. The predicted octanol–water partition coefficient (Wildman–Crippen LogP) is 5.87. The van der Waals surface area contributed by atoms with Crippen molar-refractivity contribution in [1.82, 2.24) is 0 Å². The highest BCUT2D eigenvalue weighted by atomic mass is 79.9. The van der Waals surface area contributed by atoms with Crippen LogP contribution in [0.3, 0.4) is 0 Å². The van der Waals surface area contributed by atoms with E-state index in [1.165, 1.54) is 0 Å². The number of hydrogen-bond donors (Lipinski definition) is 0. The molecule has 0 spiro atoms. The van der Waals surface area contributed by atoms with Gasteiger partial charge in [0, 0.05) is 10.0 Å². The maximum Gasteiger partial charge on any atom is 0.133 e. The second kappa shape index (κ2) is 7.03. The van der Waals surface area contributed by atoms with Crippen LogP contribution in [0.1, 0.15) is 22.1 Å². The van der Waals surface area contributed by atoms with Gasteiger partial charge in [0.15, 0.2) is 0 Å². The number of halogens is 3. The molecule has 0 aromatic heterocycles. The number of aryl methyl sites for hydroxylation is 1. The molecule has 0 N–H and O–H groups in total. The van der Waals surface area contributed by atoms with E-state index in [0.717, 1.165) is 37.1 Å². The number of benzene rings is 2. The lowest BCUT2D eigenvalue weighted by atomic mass is 9.99. The Bertz CT molecular complexity index is 659. The summed E-state index contributed by atoms with van der Waals surface area (Å²) in [7, 11) is 3.26. The van der Waals surface area contributed by atoms with Gasteiger partial charge in [0.25, 0.3) is 0 Å². The maximum absolute atomic E-state index is 6.69. The zero-order chi connectivity index (χ0) is 15.6. The first kappa shape index (κ1) is 16.7. The Morgan fingerprint density at radius 3 is 2.19 bits per heavy atom. The summed E-state index contributed by atoms with van der Waals surface area (Å²) >= 11 is 13.6. The van der Waals surface area contributed by atoms with Gasteiger partial charge in [-0.15, -0.1) is 11.6 Å². The predicted molar refractivity (Wildman–Crippen MR) is 93.8 cm³/mol. The van der Waals surface area contributed by atoms with Crippen molar-refractivity contribution >= 4 is 43.5 Å². The van der Waals surface area contributed by atoms with Crippen LogP contribution in [-0.2, 0) is 0 Å². The minimum absolute atomic E-state index is 0.310. The molecule has 2 aromatic carbocycles. The van der Waals surface area contributed by atoms with E-state index in [-0.39, 0.29) is 5.38 Å². The first-order valence-electron chi connectivity index (χ1n) is 6.29. The summed E-state index contributed by atoms with van der Waals surface area (Å²) in [5, 5.41) is -0.310. The summed E-state index contributed by atoms with van der Waals surface area (Å²) in [6.45, 7) is 2.04. The van der Waals surface area contributed by atoms with Crippen LogP contribution < -0.4 is 9.47 Å². The van der Waals surface area contributed by atoms with Crippen molar-refractivity contribution in [2.75, 3.05) is 14.2 Å². The molecule has 2 aromatic rings. The van der Waals surface area contributed by atoms with E-state index in [9.17, 15) is 0 Å². The highest BCUT2D eigenvalue weighted by Gasteiger charge is 2.20. The summed E-state index contributed by atoms with van der Waals surface area (Å²) in [5.74, 6) is 1.45. The Hall–Kier alpha value is -0.710. The van der Waals surface area contributed by atoms with E-state index >= 15 is 0 Å². The molecule has 112 valence electrons. The van der Waals surface area contributed by atoms with Gasteiger partial charge in [0.1, 0.15) is 11.5 Å². The lowest BCUT2D eigenvalue weighted by molar-refractivity contribution is 0.397. The average Bonchev–Trinajstić information content (AvgIpc) is 2.46. The van der Waals surface area contributed by atoms with Crippen LogP contribution >= 0.6 is 43.5 Å². The smallest absolute Gasteiger partial charge is 0.133 e. The van der Waals surface area contributed by atoms with Crippen molar-refractivity contribution in [1.29, 1.82) is 0 Å². The van der Waals surface area contributed by atoms with Gasteiger partial charge in [0.05, 0.1) is 24.1 Å². The molecule has 0 radical (unpaired) electrons. The fourth-order valence-corrected chi connectivity index (χ4v) is 3.55. The van der Waals surface area contributed by atoms with E-state index in [1.54, 1.807) is 14.2 Å².